The molecule has 0 saturated carbocycles. The first-order valence-electron chi connectivity index (χ1n) is 8.84. The lowest BCUT2D eigenvalue weighted by molar-refractivity contribution is -0.143. The van der Waals surface area contributed by atoms with Crippen LogP contribution in [0.3, 0.4) is 0 Å². The van der Waals surface area contributed by atoms with Crippen molar-refractivity contribution in [3.63, 3.8) is 0 Å². The Balaban J connectivity index is 1.70. The predicted octanol–water partition coefficient (Wildman–Crippen LogP) is 1.05. The molecule has 2 atom stereocenters. The number of hydrogen-bond donors (Lipinski definition) is 2. The topological polar surface area (TPSA) is 60.0 Å². The molecule has 2 N–H and O–H groups in total. The maximum absolute atomic E-state index is 12.4. The third-order valence-corrected chi connectivity index (χ3v) is 4.74. The Kier molecular flexibility index (Phi) is 6.92. The highest BCUT2D eigenvalue weighted by Crippen LogP contribution is 2.22. The summed E-state index contributed by atoms with van der Waals surface area (Å²) >= 11 is 0. The Bertz CT molecular complexity index is 483. The molecule has 0 aromatic rings. The Hall–Kier alpha value is -1.51. The number of carbonyl (C=O) groups is 1. The molecule has 0 spiro atoms. The van der Waals surface area contributed by atoms with Gasteiger partial charge in [-0.2, -0.15) is 13.2 Å². The summed E-state index contributed by atoms with van der Waals surface area (Å²) in [7, 11) is 1.67. The van der Waals surface area contributed by atoms with Crippen molar-refractivity contribution < 1.29 is 18.0 Å². The van der Waals surface area contributed by atoms with E-state index in [1.807, 2.05) is 11.8 Å². The maximum atomic E-state index is 12.4. The van der Waals surface area contributed by atoms with Crippen molar-refractivity contribution in [1.29, 1.82) is 0 Å². The van der Waals surface area contributed by atoms with Crippen LogP contribution in [0.5, 0.6) is 0 Å². The maximum Gasteiger partial charge on any atom is 0.401 e. The number of guanidine groups is 1. The molecule has 6 nitrogen and oxygen atoms in total. The molecule has 0 aromatic heterocycles. The van der Waals surface area contributed by atoms with E-state index in [-0.39, 0.29) is 17.9 Å². The number of rotatable bonds is 5. The van der Waals surface area contributed by atoms with E-state index in [4.69, 9.17) is 0 Å². The van der Waals surface area contributed by atoms with Gasteiger partial charge in [0.2, 0.25) is 5.91 Å². The molecule has 0 radical (unpaired) electrons. The molecule has 0 aliphatic carbocycles. The van der Waals surface area contributed by atoms with Crippen LogP contribution in [0, 0.1) is 5.92 Å². The first kappa shape index (κ1) is 19.8. The lowest BCUT2D eigenvalue weighted by Gasteiger charge is -2.20. The van der Waals surface area contributed by atoms with E-state index in [2.05, 4.69) is 15.6 Å². The van der Waals surface area contributed by atoms with Gasteiger partial charge in [0.25, 0.3) is 0 Å². The van der Waals surface area contributed by atoms with Gasteiger partial charge in [0.15, 0.2) is 5.96 Å². The summed E-state index contributed by atoms with van der Waals surface area (Å²) in [5, 5.41) is 6.51. The van der Waals surface area contributed by atoms with Crippen molar-refractivity contribution in [2.24, 2.45) is 10.9 Å². The number of carbonyl (C=O) groups excluding carboxylic acids is 1. The summed E-state index contributed by atoms with van der Waals surface area (Å²) in [4.78, 5) is 19.2. The van der Waals surface area contributed by atoms with E-state index >= 15 is 0 Å². The molecule has 25 heavy (non-hydrogen) atoms. The van der Waals surface area contributed by atoms with E-state index in [0.29, 0.717) is 38.6 Å². The molecule has 2 aliphatic rings. The average Bonchev–Trinajstić information content (AvgIpc) is 3.18. The van der Waals surface area contributed by atoms with Crippen molar-refractivity contribution in [2.45, 2.75) is 38.4 Å². The molecule has 2 heterocycles. The van der Waals surface area contributed by atoms with Crippen molar-refractivity contribution in [2.75, 3.05) is 46.3 Å². The molecule has 0 aromatic carbocycles. The van der Waals surface area contributed by atoms with Crippen molar-refractivity contribution >= 4 is 11.9 Å². The molecular formula is C16H28F3N5O. The summed E-state index contributed by atoms with van der Waals surface area (Å²) in [6, 6.07) is 0.159. The first-order chi connectivity index (χ1) is 11.8. The lowest BCUT2D eigenvalue weighted by atomic mass is 10.1. The molecule has 2 unspecified atom stereocenters. The van der Waals surface area contributed by atoms with Gasteiger partial charge < -0.3 is 15.5 Å². The van der Waals surface area contributed by atoms with Crippen LogP contribution in [0.4, 0.5) is 13.2 Å². The fourth-order valence-corrected chi connectivity index (χ4v) is 3.43. The standard InChI is InChI=1S/C16H28F3N5O/c1-3-14(25)24-7-5-13(10-24)22-15(20-2)21-8-12-4-6-23(9-12)11-16(17,18)19/h12-13H,3-11H2,1-2H3,(H2,20,21,22). The number of amides is 1. The minimum Gasteiger partial charge on any atom is -0.356 e. The van der Waals surface area contributed by atoms with Gasteiger partial charge in [0, 0.05) is 45.7 Å². The van der Waals surface area contributed by atoms with E-state index in [1.165, 1.54) is 4.90 Å². The summed E-state index contributed by atoms with van der Waals surface area (Å²) in [5.41, 5.74) is 0. The minimum atomic E-state index is -4.13. The van der Waals surface area contributed by atoms with Gasteiger partial charge in [0.1, 0.15) is 0 Å². The van der Waals surface area contributed by atoms with Crippen LogP contribution in [0.1, 0.15) is 26.2 Å². The fourth-order valence-electron chi connectivity index (χ4n) is 3.43. The van der Waals surface area contributed by atoms with Crippen LogP contribution in [-0.4, -0.2) is 80.2 Å². The largest absolute Gasteiger partial charge is 0.401 e. The van der Waals surface area contributed by atoms with Gasteiger partial charge >= 0.3 is 6.18 Å². The fraction of sp³-hybridized carbons (Fsp3) is 0.875. The highest BCUT2D eigenvalue weighted by atomic mass is 19.4. The quantitative estimate of drug-likeness (QED) is 0.566. The Morgan fingerprint density at radius 1 is 1.24 bits per heavy atom. The van der Waals surface area contributed by atoms with Crippen LogP contribution in [0.25, 0.3) is 0 Å². The van der Waals surface area contributed by atoms with E-state index in [9.17, 15) is 18.0 Å². The van der Waals surface area contributed by atoms with Crippen LogP contribution >= 0.6 is 0 Å². The molecule has 2 saturated heterocycles. The molecular weight excluding hydrogens is 335 g/mol. The lowest BCUT2D eigenvalue weighted by Crippen LogP contribution is -2.46. The number of aliphatic imine (C=N–C) groups is 1. The average molecular weight is 363 g/mol. The summed E-state index contributed by atoms with van der Waals surface area (Å²) < 4.78 is 37.3. The van der Waals surface area contributed by atoms with Crippen LogP contribution in [-0.2, 0) is 4.79 Å². The smallest absolute Gasteiger partial charge is 0.356 e. The number of alkyl halides is 3. The number of hydrogen-bond acceptors (Lipinski definition) is 3. The van der Waals surface area contributed by atoms with Crippen molar-refractivity contribution in [3.05, 3.63) is 0 Å². The highest BCUT2D eigenvalue weighted by Gasteiger charge is 2.34. The molecule has 1 amide bonds. The molecule has 144 valence electrons. The highest BCUT2D eigenvalue weighted by molar-refractivity contribution is 5.80. The Morgan fingerprint density at radius 2 is 2.00 bits per heavy atom. The third kappa shape index (κ3) is 6.37. The predicted molar refractivity (Wildman–Crippen MR) is 90.4 cm³/mol. The normalized spacial score (nSPS) is 25.5. The minimum absolute atomic E-state index is 0.156. The van der Waals surface area contributed by atoms with Gasteiger partial charge in [-0.05, 0) is 25.3 Å². The second-order valence-electron chi connectivity index (χ2n) is 6.78. The van der Waals surface area contributed by atoms with E-state index in [0.717, 1.165) is 19.4 Å². The first-order valence-corrected chi connectivity index (χ1v) is 8.84. The van der Waals surface area contributed by atoms with Crippen LogP contribution < -0.4 is 10.6 Å². The van der Waals surface area contributed by atoms with Gasteiger partial charge in [-0.15, -0.1) is 0 Å². The van der Waals surface area contributed by atoms with E-state index < -0.39 is 12.7 Å². The van der Waals surface area contributed by atoms with Gasteiger partial charge in [-0.1, -0.05) is 6.92 Å². The monoisotopic (exact) mass is 363 g/mol. The summed E-state index contributed by atoms with van der Waals surface area (Å²) in [6.45, 7) is 3.96. The zero-order chi connectivity index (χ0) is 18.4. The molecule has 9 heteroatoms. The zero-order valence-electron chi connectivity index (χ0n) is 14.9. The molecule has 2 fully saturated rings. The Morgan fingerprint density at radius 3 is 2.64 bits per heavy atom. The van der Waals surface area contributed by atoms with Crippen molar-refractivity contribution in [3.8, 4) is 0 Å². The number of halogens is 3. The SMILES string of the molecule is CCC(=O)N1CCC(NC(=NC)NCC2CCN(CC(F)(F)F)C2)C1. The van der Waals surface area contributed by atoms with Crippen LogP contribution in [0.2, 0.25) is 0 Å². The van der Waals surface area contributed by atoms with Gasteiger partial charge in [0.05, 0.1) is 6.54 Å². The third-order valence-electron chi connectivity index (χ3n) is 4.74. The van der Waals surface area contributed by atoms with Crippen molar-refractivity contribution in [1.82, 2.24) is 20.4 Å². The number of nitrogens with zero attached hydrogens (tertiary/aromatic N) is 3. The van der Waals surface area contributed by atoms with E-state index in [1.54, 1.807) is 7.05 Å². The van der Waals surface area contributed by atoms with Gasteiger partial charge in [-0.3, -0.25) is 14.7 Å². The second-order valence-corrected chi connectivity index (χ2v) is 6.78. The van der Waals surface area contributed by atoms with Gasteiger partial charge in [-0.25, -0.2) is 0 Å². The molecule has 2 rings (SSSR count). The van der Waals surface area contributed by atoms with Crippen LogP contribution in [0.15, 0.2) is 4.99 Å². The number of nitrogens with one attached hydrogen (secondary N) is 2. The number of likely N-dealkylation sites (tertiary alicyclic amines) is 2. The molecule has 2 aliphatic heterocycles. The Labute approximate surface area is 146 Å². The zero-order valence-corrected chi connectivity index (χ0v) is 14.9. The summed E-state index contributed by atoms with van der Waals surface area (Å²) in [5.74, 6) is 0.982. The second kappa shape index (κ2) is 8.73. The summed E-state index contributed by atoms with van der Waals surface area (Å²) in [6.07, 6.45) is -2.00. The molecule has 0 bridgehead atoms.